The maximum Gasteiger partial charge on any atom is 0.255 e. The first-order chi connectivity index (χ1) is 11.7. The van der Waals surface area contributed by atoms with Crippen molar-refractivity contribution in [3.8, 4) is 5.75 Å². The second kappa shape index (κ2) is 7.70. The minimum Gasteiger partial charge on any atom is -0.486 e. The highest BCUT2D eigenvalue weighted by Crippen LogP contribution is 2.19. The molecule has 0 aliphatic rings. The molecule has 0 radical (unpaired) electrons. The van der Waals surface area contributed by atoms with E-state index in [9.17, 15) is 9.18 Å². The molecule has 0 unspecified atom stereocenters. The van der Waals surface area contributed by atoms with Gasteiger partial charge in [-0.1, -0.05) is 24.3 Å². The molecule has 0 bridgehead atoms. The first kappa shape index (κ1) is 16.1. The van der Waals surface area contributed by atoms with Gasteiger partial charge in [-0.3, -0.25) is 4.79 Å². The highest BCUT2D eigenvalue weighted by molar-refractivity contribution is 7.07. The Bertz CT molecular complexity index is 821. The number of hydrogen-bond donors (Lipinski definition) is 1. The number of nitrogens with zero attached hydrogens (tertiary/aromatic N) is 1. The monoisotopic (exact) mass is 342 g/mol. The van der Waals surface area contributed by atoms with Crippen molar-refractivity contribution in [3.63, 3.8) is 0 Å². The van der Waals surface area contributed by atoms with Gasteiger partial charge in [0.1, 0.15) is 18.2 Å². The molecule has 1 amide bonds. The molecular weight excluding hydrogens is 327 g/mol. The molecule has 0 aliphatic heterocycles. The van der Waals surface area contributed by atoms with Crippen LogP contribution in [0.3, 0.4) is 0 Å². The molecule has 0 fully saturated rings. The first-order valence-corrected chi connectivity index (χ1v) is 8.28. The van der Waals surface area contributed by atoms with Crippen LogP contribution in [-0.2, 0) is 13.2 Å². The van der Waals surface area contributed by atoms with E-state index in [2.05, 4.69) is 10.3 Å². The number of thiazole rings is 1. The van der Waals surface area contributed by atoms with Gasteiger partial charge in [0, 0.05) is 11.9 Å². The van der Waals surface area contributed by atoms with Gasteiger partial charge in [-0.2, -0.15) is 0 Å². The number of benzene rings is 2. The third-order valence-electron chi connectivity index (χ3n) is 3.33. The second-order valence-corrected chi connectivity index (χ2v) is 5.80. The van der Waals surface area contributed by atoms with Crippen molar-refractivity contribution < 1.29 is 13.9 Å². The van der Waals surface area contributed by atoms with E-state index in [-0.39, 0.29) is 18.3 Å². The number of nitrogens with one attached hydrogen (secondary N) is 1. The molecule has 1 aromatic heterocycles. The number of aromatic nitrogens is 1. The molecule has 122 valence electrons. The van der Waals surface area contributed by atoms with Crippen molar-refractivity contribution in [1.29, 1.82) is 0 Å². The Balaban J connectivity index is 1.65. The van der Waals surface area contributed by atoms with Crippen LogP contribution in [0.1, 0.15) is 21.6 Å². The molecule has 4 nitrogen and oxygen atoms in total. The van der Waals surface area contributed by atoms with Gasteiger partial charge in [0.15, 0.2) is 0 Å². The topological polar surface area (TPSA) is 51.2 Å². The molecule has 0 spiro atoms. The van der Waals surface area contributed by atoms with Crippen molar-refractivity contribution in [1.82, 2.24) is 10.3 Å². The summed E-state index contributed by atoms with van der Waals surface area (Å²) >= 11 is 1.49. The van der Waals surface area contributed by atoms with Gasteiger partial charge in [-0.15, -0.1) is 11.3 Å². The van der Waals surface area contributed by atoms with Gasteiger partial charge < -0.3 is 10.1 Å². The summed E-state index contributed by atoms with van der Waals surface area (Å²) in [5.41, 5.74) is 3.68. The maximum absolute atomic E-state index is 13.2. The van der Waals surface area contributed by atoms with Crippen LogP contribution in [0, 0.1) is 5.82 Å². The van der Waals surface area contributed by atoms with Crippen LogP contribution in [0.4, 0.5) is 4.39 Å². The average molecular weight is 342 g/mol. The van der Waals surface area contributed by atoms with Crippen LogP contribution in [-0.4, -0.2) is 10.9 Å². The molecule has 3 aromatic rings. The normalized spacial score (nSPS) is 10.4. The lowest BCUT2D eigenvalue weighted by Crippen LogP contribution is -2.23. The van der Waals surface area contributed by atoms with Gasteiger partial charge in [0.05, 0.1) is 16.8 Å². The van der Waals surface area contributed by atoms with Crippen molar-refractivity contribution in [2.45, 2.75) is 13.2 Å². The predicted octanol–water partition coefficient (Wildman–Crippen LogP) is 3.79. The first-order valence-electron chi connectivity index (χ1n) is 7.34. The molecule has 6 heteroatoms. The van der Waals surface area contributed by atoms with E-state index in [1.807, 2.05) is 5.38 Å². The highest BCUT2D eigenvalue weighted by atomic mass is 32.1. The Morgan fingerprint density at radius 3 is 2.88 bits per heavy atom. The smallest absolute Gasteiger partial charge is 0.255 e. The van der Waals surface area contributed by atoms with Crippen LogP contribution in [0.2, 0.25) is 0 Å². The number of amides is 1. The summed E-state index contributed by atoms with van der Waals surface area (Å²) in [6.45, 7) is 0.550. The maximum atomic E-state index is 13.2. The summed E-state index contributed by atoms with van der Waals surface area (Å²) in [6, 6.07) is 13.1. The molecule has 1 N–H and O–H groups in total. The standard InChI is InChI=1S/C18H15FN2O2S/c19-14-5-3-4-13(8-14)9-20-18(22)16-6-1-2-7-17(16)23-10-15-11-24-12-21-15/h1-8,11-12H,9-10H2,(H,20,22). The lowest BCUT2D eigenvalue weighted by atomic mass is 10.1. The van der Waals surface area contributed by atoms with Crippen LogP contribution < -0.4 is 10.1 Å². The molecule has 0 saturated carbocycles. The third kappa shape index (κ3) is 4.17. The largest absolute Gasteiger partial charge is 0.486 e. The average Bonchev–Trinajstić information content (AvgIpc) is 3.12. The van der Waals surface area contributed by atoms with Gasteiger partial charge >= 0.3 is 0 Å². The fraction of sp³-hybridized carbons (Fsp3) is 0.111. The number of carbonyl (C=O) groups excluding carboxylic acids is 1. The minimum absolute atomic E-state index is 0.247. The van der Waals surface area contributed by atoms with Gasteiger partial charge in [0.2, 0.25) is 0 Å². The fourth-order valence-corrected chi connectivity index (χ4v) is 2.71. The number of rotatable bonds is 6. The molecule has 0 saturated heterocycles. The fourth-order valence-electron chi connectivity index (χ4n) is 2.17. The number of hydrogen-bond acceptors (Lipinski definition) is 4. The SMILES string of the molecule is O=C(NCc1cccc(F)c1)c1ccccc1OCc1cscn1. The number of para-hydroxylation sites is 1. The van der Waals surface area contributed by atoms with Crippen molar-refractivity contribution >= 4 is 17.2 Å². The summed E-state index contributed by atoms with van der Waals surface area (Å²) in [7, 11) is 0. The van der Waals surface area contributed by atoms with Gasteiger partial charge in [-0.05, 0) is 29.8 Å². The Hall–Kier alpha value is -2.73. The zero-order valence-corrected chi connectivity index (χ0v) is 13.6. The number of ether oxygens (including phenoxy) is 1. The van der Waals surface area contributed by atoms with Crippen molar-refractivity contribution in [2.24, 2.45) is 0 Å². The molecular formula is C18H15FN2O2S. The van der Waals surface area contributed by atoms with E-state index >= 15 is 0 Å². The van der Waals surface area contributed by atoms with E-state index in [1.165, 1.54) is 23.5 Å². The molecule has 2 aromatic carbocycles. The predicted molar refractivity (Wildman–Crippen MR) is 90.5 cm³/mol. The van der Waals surface area contributed by atoms with Gasteiger partial charge in [-0.25, -0.2) is 9.37 Å². The van der Waals surface area contributed by atoms with Crippen LogP contribution in [0.15, 0.2) is 59.4 Å². The van der Waals surface area contributed by atoms with E-state index < -0.39 is 0 Å². The molecule has 24 heavy (non-hydrogen) atoms. The molecule has 0 atom stereocenters. The summed E-state index contributed by atoms with van der Waals surface area (Å²) < 4.78 is 18.9. The van der Waals surface area contributed by atoms with Crippen molar-refractivity contribution in [2.75, 3.05) is 0 Å². The highest BCUT2D eigenvalue weighted by Gasteiger charge is 2.12. The van der Waals surface area contributed by atoms with Gasteiger partial charge in [0.25, 0.3) is 5.91 Å². The molecule has 0 aliphatic carbocycles. The Morgan fingerprint density at radius 2 is 2.08 bits per heavy atom. The van der Waals surface area contributed by atoms with Crippen LogP contribution in [0.25, 0.3) is 0 Å². The summed E-state index contributed by atoms with van der Waals surface area (Å²) in [6.07, 6.45) is 0. The van der Waals surface area contributed by atoms with E-state index in [4.69, 9.17) is 4.74 Å². The Morgan fingerprint density at radius 1 is 1.21 bits per heavy atom. The lowest BCUT2D eigenvalue weighted by Gasteiger charge is -2.11. The van der Waals surface area contributed by atoms with E-state index in [1.54, 1.807) is 41.9 Å². The minimum atomic E-state index is -0.325. The Labute approximate surface area is 142 Å². The summed E-state index contributed by atoms with van der Waals surface area (Å²) in [5.74, 6) is -0.107. The van der Waals surface area contributed by atoms with E-state index in [0.29, 0.717) is 23.5 Å². The summed E-state index contributed by atoms with van der Waals surface area (Å²) in [4.78, 5) is 16.5. The lowest BCUT2D eigenvalue weighted by molar-refractivity contribution is 0.0946. The zero-order chi connectivity index (χ0) is 16.8. The van der Waals surface area contributed by atoms with Crippen molar-refractivity contribution in [3.05, 3.63) is 82.1 Å². The molecule has 3 rings (SSSR count). The number of halogens is 1. The van der Waals surface area contributed by atoms with Crippen LogP contribution >= 0.6 is 11.3 Å². The number of carbonyl (C=O) groups is 1. The Kier molecular flexibility index (Phi) is 5.18. The van der Waals surface area contributed by atoms with E-state index in [0.717, 1.165) is 5.69 Å². The second-order valence-electron chi connectivity index (χ2n) is 5.08. The third-order valence-corrected chi connectivity index (χ3v) is 3.97. The quantitative estimate of drug-likeness (QED) is 0.741. The molecule has 1 heterocycles. The zero-order valence-electron chi connectivity index (χ0n) is 12.7. The van der Waals surface area contributed by atoms with Crippen LogP contribution in [0.5, 0.6) is 5.75 Å². The summed E-state index contributed by atoms with van der Waals surface area (Å²) in [5, 5.41) is 4.67.